The zero-order valence-corrected chi connectivity index (χ0v) is 23.1. The second-order valence-electron chi connectivity index (χ2n) is 12.0. The van der Waals surface area contributed by atoms with Crippen LogP contribution in [0.25, 0.3) is 0 Å². The second-order valence-corrected chi connectivity index (χ2v) is 25.9. The molecular weight excluding hydrogens is 393 g/mol. The van der Waals surface area contributed by atoms with E-state index in [1.54, 1.807) is 5.19 Å². The van der Waals surface area contributed by atoms with E-state index < -0.39 is 24.7 Å². The minimum Gasteiger partial charge on any atom is -0.415 e. The molecule has 2 rings (SSSR count). The monoisotopic (exact) mass is 436 g/mol. The summed E-state index contributed by atoms with van der Waals surface area (Å²) in [5, 5.41) is 1.82. The van der Waals surface area contributed by atoms with E-state index in [-0.39, 0.29) is 5.04 Å². The van der Waals surface area contributed by atoms with E-state index in [0.29, 0.717) is 18.1 Å². The van der Waals surface area contributed by atoms with Crippen LogP contribution in [0.2, 0.25) is 56.9 Å². The molecule has 5 heteroatoms. The van der Waals surface area contributed by atoms with Gasteiger partial charge in [-0.15, -0.1) is 0 Å². The molecule has 1 aliphatic rings. The van der Waals surface area contributed by atoms with Gasteiger partial charge in [0.15, 0.2) is 16.6 Å². The van der Waals surface area contributed by atoms with Crippen LogP contribution >= 0.6 is 0 Å². The minimum absolute atomic E-state index is 0.252. The van der Waals surface area contributed by atoms with Crippen LogP contribution in [0.1, 0.15) is 33.6 Å². The van der Waals surface area contributed by atoms with Gasteiger partial charge in [-0.3, -0.25) is 0 Å². The molecule has 0 bridgehead atoms. The standard InChI is InChI=1S/C23H44O2Si3/c1-23(2,3)28(9,10)25-22-17-20(24-26(4,5)6)16-19(22)18-27(7,8)21-14-12-11-13-15-21/h11-15,19-20,22H,16-18H2,1-10H3/t19-,20?,22+/m1/s1. The van der Waals surface area contributed by atoms with Gasteiger partial charge in [-0.2, -0.15) is 0 Å². The molecule has 0 radical (unpaired) electrons. The topological polar surface area (TPSA) is 18.5 Å². The van der Waals surface area contributed by atoms with Crippen molar-refractivity contribution in [1.29, 1.82) is 0 Å². The predicted octanol–water partition coefficient (Wildman–Crippen LogP) is 6.62. The summed E-state index contributed by atoms with van der Waals surface area (Å²) in [6.07, 6.45) is 3.00. The van der Waals surface area contributed by atoms with Crippen LogP contribution < -0.4 is 5.19 Å². The normalized spacial score (nSPS) is 24.6. The van der Waals surface area contributed by atoms with Crippen LogP contribution in [0, 0.1) is 5.92 Å². The Hall–Kier alpha value is -0.209. The molecule has 1 fully saturated rings. The van der Waals surface area contributed by atoms with E-state index in [1.165, 1.54) is 12.5 Å². The molecule has 0 heterocycles. The lowest BCUT2D eigenvalue weighted by atomic mass is 10.1. The highest BCUT2D eigenvalue weighted by atomic mass is 28.4. The van der Waals surface area contributed by atoms with Gasteiger partial charge in [-0.05, 0) is 62.6 Å². The van der Waals surface area contributed by atoms with Gasteiger partial charge in [-0.25, -0.2) is 0 Å². The quantitative estimate of drug-likeness (QED) is 0.447. The molecule has 28 heavy (non-hydrogen) atoms. The van der Waals surface area contributed by atoms with Crippen LogP contribution in [0.4, 0.5) is 0 Å². The first-order valence-corrected chi connectivity index (χ1v) is 20.5. The van der Waals surface area contributed by atoms with E-state index in [4.69, 9.17) is 8.85 Å². The van der Waals surface area contributed by atoms with Crippen molar-refractivity contribution in [3.63, 3.8) is 0 Å². The van der Waals surface area contributed by atoms with E-state index >= 15 is 0 Å². The van der Waals surface area contributed by atoms with Crippen molar-refractivity contribution in [3.05, 3.63) is 30.3 Å². The van der Waals surface area contributed by atoms with Crippen LogP contribution in [0.3, 0.4) is 0 Å². The number of hydrogen-bond donors (Lipinski definition) is 0. The maximum atomic E-state index is 7.00. The maximum Gasteiger partial charge on any atom is 0.192 e. The van der Waals surface area contributed by atoms with Gasteiger partial charge in [0.25, 0.3) is 0 Å². The number of rotatable bonds is 7. The van der Waals surface area contributed by atoms with Gasteiger partial charge < -0.3 is 8.85 Å². The third-order valence-electron chi connectivity index (χ3n) is 6.69. The lowest BCUT2D eigenvalue weighted by Crippen LogP contribution is -2.47. The van der Waals surface area contributed by atoms with Gasteiger partial charge in [0, 0.05) is 6.10 Å². The average Bonchev–Trinajstić information content (AvgIpc) is 2.84. The summed E-state index contributed by atoms with van der Waals surface area (Å²) < 4.78 is 13.6. The predicted molar refractivity (Wildman–Crippen MR) is 131 cm³/mol. The van der Waals surface area contributed by atoms with Crippen molar-refractivity contribution in [1.82, 2.24) is 0 Å². The Balaban J connectivity index is 2.21. The lowest BCUT2D eigenvalue weighted by Gasteiger charge is -2.40. The summed E-state index contributed by atoms with van der Waals surface area (Å²) in [6.45, 7) is 23.8. The summed E-state index contributed by atoms with van der Waals surface area (Å²) in [7, 11) is -4.82. The summed E-state index contributed by atoms with van der Waals surface area (Å²) in [5.41, 5.74) is 0. The van der Waals surface area contributed by atoms with E-state index in [9.17, 15) is 0 Å². The van der Waals surface area contributed by atoms with Crippen LogP contribution in [0.5, 0.6) is 0 Å². The molecule has 0 spiro atoms. The molecule has 0 saturated heterocycles. The molecule has 0 aromatic heterocycles. The van der Waals surface area contributed by atoms with E-state index in [1.807, 2.05) is 0 Å². The minimum atomic E-state index is -1.78. The van der Waals surface area contributed by atoms with Crippen molar-refractivity contribution in [2.45, 2.75) is 103 Å². The molecule has 2 nitrogen and oxygen atoms in total. The van der Waals surface area contributed by atoms with Gasteiger partial charge in [0.2, 0.25) is 0 Å². The van der Waals surface area contributed by atoms with Crippen molar-refractivity contribution in [3.8, 4) is 0 Å². The number of hydrogen-bond acceptors (Lipinski definition) is 2. The second kappa shape index (κ2) is 8.50. The Bertz CT molecular complexity index is 629. The first-order chi connectivity index (χ1) is 12.6. The van der Waals surface area contributed by atoms with Gasteiger partial charge >= 0.3 is 0 Å². The molecule has 1 aliphatic carbocycles. The molecule has 0 N–H and O–H groups in total. The van der Waals surface area contributed by atoms with Gasteiger partial charge in [0.1, 0.15) is 0 Å². The first kappa shape index (κ1) is 24.1. The Labute approximate surface area is 177 Å². The molecule has 1 unspecified atom stereocenters. The van der Waals surface area contributed by atoms with Crippen molar-refractivity contribution < 1.29 is 8.85 Å². The summed E-state index contributed by atoms with van der Waals surface area (Å²) in [4.78, 5) is 0. The molecule has 3 atom stereocenters. The largest absolute Gasteiger partial charge is 0.415 e. The third kappa shape index (κ3) is 6.39. The SMILES string of the molecule is CC(C)(C)[Si](C)(C)O[C@H]1CC(O[Si](C)(C)C)C[C@@H]1C[Si](C)(C)c1ccccc1. The van der Waals surface area contributed by atoms with E-state index in [2.05, 4.69) is 96.9 Å². The highest BCUT2D eigenvalue weighted by Gasteiger charge is 2.46. The molecule has 1 saturated carbocycles. The average molecular weight is 437 g/mol. The Kier molecular flexibility index (Phi) is 7.30. The fourth-order valence-corrected chi connectivity index (χ4v) is 9.87. The van der Waals surface area contributed by atoms with Crippen molar-refractivity contribution >= 4 is 29.9 Å². The van der Waals surface area contributed by atoms with Crippen LogP contribution in [0.15, 0.2) is 30.3 Å². The highest BCUT2D eigenvalue weighted by Crippen LogP contribution is 2.43. The van der Waals surface area contributed by atoms with Crippen LogP contribution in [-0.4, -0.2) is 36.9 Å². The molecular formula is C23H44O2Si3. The maximum absolute atomic E-state index is 7.00. The first-order valence-electron chi connectivity index (χ1n) is 11.0. The van der Waals surface area contributed by atoms with Gasteiger partial charge in [-0.1, -0.05) is 69.4 Å². The van der Waals surface area contributed by atoms with Crippen LogP contribution in [-0.2, 0) is 8.85 Å². The molecule has 1 aromatic rings. The Morgan fingerprint density at radius 3 is 1.93 bits per heavy atom. The summed E-state index contributed by atoms with van der Waals surface area (Å²) >= 11 is 0. The molecule has 0 aliphatic heterocycles. The summed E-state index contributed by atoms with van der Waals surface area (Å²) in [5.74, 6) is 0.623. The molecule has 1 aromatic carbocycles. The Morgan fingerprint density at radius 2 is 1.43 bits per heavy atom. The van der Waals surface area contributed by atoms with Crippen molar-refractivity contribution in [2.24, 2.45) is 5.92 Å². The Morgan fingerprint density at radius 1 is 0.857 bits per heavy atom. The highest BCUT2D eigenvalue weighted by molar-refractivity contribution is 6.89. The van der Waals surface area contributed by atoms with E-state index in [0.717, 1.165) is 6.42 Å². The fraction of sp³-hybridized carbons (Fsp3) is 0.739. The van der Waals surface area contributed by atoms with Crippen molar-refractivity contribution in [2.75, 3.05) is 0 Å². The smallest absolute Gasteiger partial charge is 0.192 e. The summed E-state index contributed by atoms with van der Waals surface area (Å²) in [6, 6.07) is 12.5. The third-order valence-corrected chi connectivity index (χ3v) is 15.7. The zero-order chi connectivity index (χ0) is 21.4. The van der Waals surface area contributed by atoms with Gasteiger partial charge in [0.05, 0.1) is 14.2 Å². The molecule has 160 valence electrons. The zero-order valence-electron chi connectivity index (χ0n) is 20.1. The molecule has 0 amide bonds. The lowest BCUT2D eigenvalue weighted by molar-refractivity contribution is 0.135. The number of benzene rings is 1. The fourth-order valence-electron chi connectivity index (χ4n) is 4.21.